The highest BCUT2D eigenvalue weighted by atomic mass is 31.2. The second-order valence-electron chi connectivity index (χ2n) is 5.75. The molecule has 0 aromatic carbocycles. The summed E-state index contributed by atoms with van der Waals surface area (Å²) in [5.41, 5.74) is -2.78. The highest BCUT2D eigenvalue weighted by Gasteiger charge is 2.54. The van der Waals surface area contributed by atoms with E-state index in [9.17, 15) is 23.9 Å². The van der Waals surface area contributed by atoms with Crippen LogP contribution >= 0.6 is 7.60 Å². The van der Waals surface area contributed by atoms with E-state index >= 15 is 0 Å². The maximum atomic E-state index is 11.9. The number of aromatic nitrogens is 2. The van der Waals surface area contributed by atoms with E-state index in [1.165, 1.54) is 17.7 Å². The van der Waals surface area contributed by atoms with Crippen molar-refractivity contribution >= 4 is 7.60 Å². The first-order valence-corrected chi connectivity index (χ1v) is 8.57. The van der Waals surface area contributed by atoms with Gasteiger partial charge in [-0.05, 0) is 6.92 Å². The van der Waals surface area contributed by atoms with Gasteiger partial charge in [-0.25, -0.2) is 4.79 Å². The molecule has 1 aromatic heterocycles. The maximum Gasteiger partial charge on any atom is 0.384 e. The molecule has 2 fully saturated rings. The summed E-state index contributed by atoms with van der Waals surface area (Å²) in [5.74, 6) is 0. The quantitative estimate of drug-likeness (QED) is 0.602. The summed E-state index contributed by atoms with van der Waals surface area (Å²) in [4.78, 5) is 44.2. The summed E-state index contributed by atoms with van der Waals surface area (Å²) < 4.78 is 28.9. The molecule has 0 amide bonds. The fourth-order valence-electron chi connectivity index (χ4n) is 2.65. The van der Waals surface area contributed by atoms with Gasteiger partial charge in [0.05, 0.1) is 12.7 Å². The number of rotatable bonds is 2. The van der Waals surface area contributed by atoms with Gasteiger partial charge < -0.3 is 24.0 Å². The number of aryl methyl sites for hydroxylation is 1. The Kier molecular flexibility index (Phi) is 3.87. The Balaban J connectivity index is 1.85. The van der Waals surface area contributed by atoms with Crippen molar-refractivity contribution in [3.8, 4) is 0 Å². The van der Waals surface area contributed by atoms with Crippen LogP contribution in [0, 0.1) is 6.92 Å². The minimum atomic E-state index is -4.63. The van der Waals surface area contributed by atoms with Crippen LogP contribution in [0.15, 0.2) is 15.8 Å². The minimum Gasteiger partial charge on any atom is -0.349 e. The monoisotopic (exact) mass is 348 g/mol. The van der Waals surface area contributed by atoms with Crippen LogP contribution in [0.1, 0.15) is 25.1 Å². The molecule has 1 aromatic rings. The van der Waals surface area contributed by atoms with Crippen molar-refractivity contribution in [3.63, 3.8) is 0 Å². The molecule has 2 aliphatic rings. The van der Waals surface area contributed by atoms with Crippen molar-refractivity contribution < 1.29 is 28.6 Å². The molecule has 23 heavy (non-hydrogen) atoms. The third kappa shape index (κ3) is 2.82. The second kappa shape index (κ2) is 5.37. The molecule has 0 spiro atoms. The average Bonchev–Trinajstić information content (AvgIpc) is 2.84. The van der Waals surface area contributed by atoms with Gasteiger partial charge in [0.1, 0.15) is 12.3 Å². The molecule has 0 bridgehead atoms. The zero-order valence-corrected chi connectivity index (χ0v) is 13.4. The van der Waals surface area contributed by atoms with Crippen molar-refractivity contribution in [2.75, 3.05) is 6.61 Å². The van der Waals surface area contributed by atoms with E-state index in [1.54, 1.807) is 6.92 Å². The van der Waals surface area contributed by atoms with E-state index in [0.717, 1.165) is 0 Å². The average molecular weight is 348 g/mol. The fraction of sp³-hybridized carbons (Fsp3) is 0.667. The maximum absolute atomic E-state index is 11.9. The Morgan fingerprint density at radius 2 is 2.09 bits per heavy atom. The first-order valence-electron chi connectivity index (χ1n) is 6.96. The van der Waals surface area contributed by atoms with Crippen molar-refractivity contribution in [1.29, 1.82) is 0 Å². The van der Waals surface area contributed by atoms with Gasteiger partial charge >= 0.3 is 13.3 Å². The molecule has 4 atom stereocenters. The number of fused-ring (bicyclic) bond motifs is 1. The lowest BCUT2D eigenvalue weighted by atomic mass is 10.1. The summed E-state index contributed by atoms with van der Waals surface area (Å²) in [6.07, 6.45) is -0.318. The van der Waals surface area contributed by atoms with Crippen LogP contribution in [0.25, 0.3) is 0 Å². The van der Waals surface area contributed by atoms with Crippen LogP contribution in [-0.4, -0.2) is 43.7 Å². The predicted octanol–water partition coefficient (Wildman–Crippen LogP) is -0.601. The van der Waals surface area contributed by atoms with Crippen LogP contribution in [0.5, 0.6) is 0 Å². The number of hydrogen-bond donors (Lipinski definition) is 3. The standard InChI is InChI=1S/C12H17N2O8P/c1-6-4-14(11(16)13-10(6)15)9-3-7-8(21-9)5-20-12(2,22-7)23(17,18)19/h4,7-9H,3,5H2,1-2H3,(H,13,15,16)(H2,17,18,19)/t7-,8-,9-,12-/m1/s1. The first kappa shape index (κ1) is 16.6. The molecule has 10 nitrogen and oxygen atoms in total. The number of ether oxygens (including phenoxy) is 3. The van der Waals surface area contributed by atoms with Crippen LogP contribution in [0.3, 0.4) is 0 Å². The number of nitrogens with one attached hydrogen (secondary N) is 1. The van der Waals surface area contributed by atoms with E-state index in [4.69, 9.17) is 14.2 Å². The summed E-state index contributed by atoms with van der Waals surface area (Å²) in [5, 5.41) is 0. The number of nitrogens with zero attached hydrogens (tertiary/aromatic N) is 1. The number of aromatic amines is 1. The fourth-order valence-corrected chi connectivity index (χ4v) is 3.17. The number of hydrogen-bond acceptors (Lipinski definition) is 6. The van der Waals surface area contributed by atoms with Gasteiger partial charge in [-0.1, -0.05) is 0 Å². The lowest BCUT2D eigenvalue weighted by Crippen LogP contribution is -2.48. The van der Waals surface area contributed by atoms with Gasteiger partial charge in [0, 0.05) is 25.1 Å². The van der Waals surface area contributed by atoms with Gasteiger partial charge in [0.2, 0.25) is 0 Å². The molecule has 3 N–H and O–H groups in total. The normalized spacial score (nSPS) is 34.3. The molecule has 2 aliphatic heterocycles. The molecule has 3 rings (SSSR count). The lowest BCUT2D eigenvalue weighted by Gasteiger charge is -2.39. The Morgan fingerprint density at radius 1 is 1.39 bits per heavy atom. The smallest absolute Gasteiger partial charge is 0.349 e. The highest BCUT2D eigenvalue weighted by molar-refractivity contribution is 7.53. The Hall–Kier alpha value is -1.29. The van der Waals surface area contributed by atoms with Crippen LogP contribution in [0.2, 0.25) is 0 Å². The molecule has 0 saturated carbocycles. The predicted molar refractivity (Wildman–Crippen MR) is 75.9 cm³/mol. The molecule has 0 unspecified atom stereocenters. The van der Waals surface area contributed by atoms with Crippen molar-refractivity contribution in [2.45, 2.75) is 44.2 Å². The Morgan fingerprint density at radius 3 is 2.74 bits per heavy atom. The van der Waals surface area contributed by atoms with Crippen LogP contribution in [-0.2, 0) is 18.8 Å². The lowest BCUT2D eigenvalue weighted by molar-refractivity contribution is -0.266. The third-order valence-corrected chi connectivity index (χ3v) is 5.34. The third-order valence-electron chi connectivity index (χ3n) is 4.05. The molecule has 0 radical (unpaired) electrons. The Labute approximate surface area is 130 Å². The van der Waals surface area contributed by atoms with E-state index < -0.39 is 42.8 Å². The minimum absolute atomic E-state index is 0.0696. The topological polar surface area (TPSA) is 140 Å². The Bertz CT molecular complexity index is 782. The molecule has 128 valence electrons. The van der Waals surface area contributed by atoms with Crippen LogP contribution in [0.4, 0.5) is 0 Å². The van der Waals surface area contributed by atoms with Gasteiger partial charge in [0.15, 0.2) is 0 Å². The van der Waals surface area contributed by atoms with Gasteiger partial charge in [0.25, 0.3) is 11.1 Å². The van der Waals surface area contributed by atoms with Gasteiger partial charge in [-0.15, -0.1) is 0 Å². The van der Waals surface area contributed by atoms with Gasteiger partial charge in [-0.3, -0.25) is 18.9 Å². The van der Waals surface area contributed by atoms with Crippen molar-refractivity contribution in [3.05, 3.63) is 32.6 Å². The molecular formula is C12H17N2O8P. The van der Waals surface area contributed by atoms with E-state index in [1.807, 2.05) is 0 Å². The highest BCUT2D eigenvalue weighted by Crippen LogP contribution is 2.55. The van der Waals surface area contributed by atoms with E-state index in [2.05, 4.69) is 4.98 Å². The molecule has 2 saturated heterocycles. The van der Waals surface area contributed by atoms with E-state index in [-0.39, 0.29) is 13.0 Å². The molecular weight excluding hydrogens is 331 g/mol. The number of H-pyrrole nitrogens is 1. The summed E-state index contributed by atoms with van der Waals surface area (Å²) in [6, 6.07) is 0. The first-order chi connectivity index (χ1) is 10.6. The van der Waals surface area contributed by atoms with E-state index in [0.29, 0.717) is 5.56 Å². The summed E-state index contributed by atoms with van der Waals surface area (Å²) in [7, 11) is -4.63. The molecule has 3 heterocycles. The van der Waals surface area contributed by atoms with Crippen molar-refractivity contribution in [2.24, 2.45) is 0 Å². The zero-order chi connectivity index (χ0) is 17.0. The zero-order valence-electron chi connectivity index (χ0n) is 12.5. The second-order valence-corrected chi connectivity index (χ2v) is 7.65. The summed E-state index contributed by atoms with van der Waals surface area (Å²) >= 11 is 0. The van der Waals surface area contributed by atoms with Gasteiger partial charge in [-0.2, -0.15) is 0 Å². The van der Waals surface area contributed by atoms with Crippen molar-refractivity contribution in [1.82, 2.24) is 9.55 Å². The molecule has 0 aliphatic carbocycles. The SMILES string of the molecule is Cc1cn([C@H]2C[C@H]3O[C@](C)(P(=O)(O)O)OC[C@H]3O2)c(=O)[nH]c1=O. The largest absolute Gasteiger partial charge is 0.384 e. The summed E-state index contributed by atoms with van der Waals surface area (Å²) in [6.45, 7) is 2.66. The van der Waals surface area contributed by atoms with Crippen LogP contribution < -0.4 is 11.2 Å². The molecule has 11 heteroatoms.